The standard InChI is InChI=1S/C24H31N3O4S/c1-2-31-24(29)19-6-8-27(9-7-19)22(28)15-21-17-32-23(25-21)20-5-3-4-18(14-20)16-26-10-12-30-13-11-26/h3-5,14,17,19H,2,6-13,15-16H2,1H3. The molecular formula is C24H31N3O4S. The van der Waals surface area contributed by atoms with Crippen LogP contribution in [0.15, 0.2) is 29.6 Å². The fraction of sp³-hybridized carbons (Fsp3) is 0.542. The largest absolute Gasteiger partial charge is 0.466 e. The monoisotopic (exact) mass is 457 g/mol. The van der Waals surface area contributed by atoms with Gasteiger partial charge in [-0.05, 0) is 31.4 Å². The third kappa shape index (κ3) is 5.94. The fourth-order valence-electron chi connectivity index (χ4n) is 4.23. The predicted molar refractivity (Wildman–Crippen MR) is 123 cm³/mol. The predicted octanol–water partition coefficient (Wildman–Crippen LogP) is 2.99. The minimum Gasteiger partial charge on any atom is -0.466 e. The van der Waals surface area contributed by atoms with Crippen molar-refractivity contribution in [2.24, 2.45) is 5.92 Å². The van der Waals surface area contributed by atoms with Crippen molar-refractivity contribution in [1.29, 1.82) is 0 Å². The molecule has 7 nitrogen and oxygen atoms in total. The Labute approximate surface area is 193 Å². The van der Waals surface area contributed by atoms with Crippen molar-refractivity contribution >= 4 is 23.2 Å². The summed E-state index contributed by atoms with van der Waals surface area (Å²) in [6.07, 6.45) is 1.64. The average molecular weight is 458 g/mol. The Bertz CT molecular complexity index is 917. The zero-order valence-corrected chi connectivity index (χ0v) is 19.4. The van der Waals surface area contributed by atoms with E-state index >= 15 is 0 Å². The SMILES string of the molecule is CCOC(=O)C1CCN(C(=O)Cc2csc(-c3cccc(CN4CCOCC4)c3)n2)CC1. The topological polar surface area (TPSA) is 72.0 Å². The van der Waals surface area contributed by atoms with Gasteiger partial charge in [0.15, 0.2) is 0 Å². The third-order valence-corrected chi connectivity index (χ3v) is 6.98. The lowest BCUT2D eigenvalue weighted by atomic mass is 9.97. The second kappa shape index (κ2) is 11.0. The molecule has 0 bridgehead atoms. The van der Waals surface area contributed by atoms with E-state index in [0.29, 0.717) is 39.0 Å². The molecule has 0 unspecified atom stereocenters. The van der Waals surface area contributed by atoms with Gasteiger partial charge >= 0.3 is 5.97 Å². The third-order valence-electron chi connectivity index (χ3n) is 6.04. The number of nitrogens with zero attached hydrogens (tertiary/aromatic N) is 3. The maximum atomic E-state index is 12.7. The van der Waals surface area contributed by atoms with Gasteiger partial charge in [0, 0.05) is 43.7 Å². The van der Waals surface area contributed by atoms with Crippen molar-refractivity contribution in [3.8, 4) is 10.6 Å². The molecule has 1 amide bonds. The highest BCUT2D eigenvalue weighted by atomic mass is 32.1. The summed E-state index contributed by atoms with van der Waals surface area (Å²) in [7, 11) is 0. The van der Waals surface area contributed by atoms with Gasteiger partial charge in [0.1, 0.15) is 5.01 Å². The Kier molecular flexibility index (Phi) is 7.89. The Balaban J connectivity index is 1.32. The maximum absolute atomic E-state index is 12.7. The van der Waals surface area contributed by atoms with Crippen LogP contribution in [0.5, 0.6) is 0 Å². The van der Waals surface area contributed by atoms with E-state index in [2.05, 4.69) is 29.2 Å². The highest BCUT2D eigenvalue weighted by molar-refractivity contribution is 7.13. The highest BCUT2D eigenvalue weighted by Crippen LogP contribution is 2.26. The molecule has 8 heteroatoms. The molecule has 2 aromatic rings. The van der Waals surface area contributed by atoms with Gasteiger partial charge < -0.3 is 14.4 Å². The van der Waals surface area contributed by atoms with Crippen LogP contribution in [0.2, 0.25) is 0 Å². The first-order valence-corrected chi connectivity index (χ1v) is 12.3. The summed E-state index contributed by atoms with van der Waals surface area (Å²) >= 11 is 1.58. The van der Waals surface area contributed by atoms with Crippen LogP contribution >= 0.6 is 11.3 Å². The number of likely N-dealkylation sites (tertiary alicyclic amines) is 1. The van der Waals surface area contributed by atoms with Crippen LogP contribution in [-0.2, 0) is 32.0 Å². The zero-order valence-electron chi connectivity index (χ0n) is 18.6. The highest BCUT2D eigenvalue weighted by Gasteiger charge is 2.28. The van der Waals surface area contributed by atoms with E-state index in [4.69, 9.17) is 14.5 Å². The molecular weight excluding hydrogens is 426 g/mol. The molecule has 2 fully saturated rings. The Morgan fingerprint density at radius 3 is 2.72 bits per heavy atom. The summed E-state index contributed by atoms with van der Waals surface area (Å²) in [4.78, 5) is 33.6. The molecule has 32 heavy (non-hydrogen) atoms. The number of amides is 1. The fourth-order valence-corrected chi connectivity index (χ4v) is 5.05. The number of esters is 1. The first kappa shape index (κ1) is 22.9. The van der Waals surface area contributed by atoms with Gasteiger partial charge in [0.05, 0.1) is 37.9 Å². The molecule has 0 radical (unpaired) electrons. The molecule has 0 saturated carbocycles. The second-order valence-corrected chi connectivity index (χ2v) is 9.17. The molecule has 1 aromatic carbocycles. The number of ether oxygens (including phenoxy) is 2. The van der Waals surface area contributed by atoms with E-state index < -0.39 is 0 Å². The summed E-state index contributed by atoms with van der Waals surface area (Å²) in [5.74, 6) is -0.153. The number of benzene rings is 1. The van der Waals surface area contributed by atoms with E-state index in [1.165, 1.54) is 5.56 Å². The summed E-state index contributed by atoms with van der Waals surface area (Å²) < 4.78 is 10.5. The van der Waals surface area contributed by atoms with Crippen LogP contribution in [0, 0.1) is 5.92 Å². The summed E-state index contributed by atoms with van der Waals surface area (Å²) in [5, 5.41) is 2.92. The van der Waals surface area contributed by atoms with Crippen molar-refractivity contribution in [3.63, 3.8) is 0 Å². The Morgan fingerprint density at radius 1 is 1.19 bits per heavy atom. The number of hydrogen-bond acceptors (Lipinski definition) is 7. The van der Waals surface area contributed by atoms with Crippen molar-refractivity contribution in [2.75, 3.05) is 46.0 Å². The summed E-state index contributed by atoms with van der Waals surface area (Å²) in [6.45, 7) is 7.85. The van der Waals surface area contributed by atoms with Crippen molar-refractivity contribution in [2.45, 2.75) is 32.7 Å². The molecule has 1 aromatic heterocycles. The molecule has 2 saturated heterocycles. The smallest absolute Gasteiger partial charge is 0.309 e. The lowest BCUT2D eigenvalue weighted by Crippen LogP contribution is -2.41. The molecule has 2 aliphatic heterocycles. The van der Waals surface area contributed by atoms with Gasteiger partial charge in [-0.1, -0.05) is 18.2 Å². The average Bonchev–Trinajstić information content (AvgIpc) is 3.29. The van der Waals surface area contributed by atoms with Crippen LogP contribution in [0.3, 0.4) is 0 Å². The molecule has 4 rings (SSSR count). The van der Waals surface area contributed by atoms with E-state index in [1.807, 2.05) is 17.2 Å². The first-order chi connectivity index (χ1) is 15.6. The van der Waals surface area contributed by atoms with E-state index in [-0.39, 0.29) is 17.8 Å². The number of carbonyl (C=O) groups is 2. The van der Waals surface area contributed by atoms with Crippen LogP contribution in [0.1, 0.15) is 31.0 Å². The van der Waals surface area contributed by atoms with Gasteiger partial charge in [-0.15, -0.1) is 11.3 Å². The van der Waals surface area contributed by atoms with Crippen molar-refractivity contribution in [1.82, 2.24) is 14.8 Å². The molecule has 0 aliphatic carbocycles. The minimum atomic E-state index is -0.139. The lowest BCUT2D eigenvalue weighted by molar-refractivity contribution is -0.151. The van der Waals surface area contributed by atoms with Gasteiger partial charge in [-0.25, -0.2) is 4.98 Å². The number of carbonyl (C=O) groups excluding carboxylic acids is 2. The van der Waals surface area contributed by atoms with Crippen molar-refractivity contribution < 1.29 is 19.1 Å². The van der Waals surface area contributed by atoms with E-state index in [0.717, 1.165) is 49.1 Å². The van der Waals surface area contributed by atoms with Gasteiger partial charge in [-0.2, -0.15) is 0 Å². The van der Waals surface area contributed by atoms with Crippen LogP contribution < -0.4 is 0 Å². The first-order valence-electron chi connectivity index (χ1n) is 11.4. The van der Waals surface area contributed by atoms with Gasteiger partial charge in [0.25, 0.3) is 0 Å². The van der Waals surface area contributed by atoms with E-state index in [9.17, 15) is 9.59 Å². The normalized spacial score (nSPS) is 18.0. The molecule has 0 atom stereocenters. The number of morpholine rings is 1. The quantitative estimate of drug-likeness (QED) is 0.596. The number of hydrogen-bond donors (Lipinski definition) is 0. The van der Waals surface area contributed by atoms with Gasteiger partial charge in [0.2, 0.25) is 5.91 Å². The number of thiazole rings is 1. The number of piperidine rings is 1. The molecule has 3 heterocycles. The minimum absolute atomic E-state index is 0.0743. The van der Waals surface area contributed by atoms with Crippen molar-refractivity contribution in [3.05, 3.63) is 40.9 Å². The van der Waals surface area contributed by atoms with Crippen LogP contribution in [-0.4, -0.2) is 72.7 Å². The lowest BCUT2D eigenvalue weighted by Gasteiger charge is -2.30. The summed E-state index contributed by atoms with van der Waals surface area (Å²) in [6, 6.07) is 8.50. The molecule has 2 aliphatic rings. The van der Waals surface area contributed by atoms with Crippen LogP contribution in [0.25, 0.3) is 10.6 Å². The number of rotatable bonds is 7. The second-order valence-electron chi connectivity index (χ2n) is 8.32. The van der Waals surface area contributed by atoms with E-state index in [1.54, 1.807) is 11.3 Å². The van der Waals surface area contributed by atoms with Gasteiger partial charge in [-0.3, -0.25) is 14.5 Å². The molecule has 0 N–H and O–H groups in total. The zero-order chi connectivity index (χ0) is 22.3. The maximum Gasteiger partial charge on any atom is 0.309 e. The van der Waals surface area contributed by atoms with Crippen LogP contribution in [0.4, 0.5) is 0 Å². The molecule has 0 spiro atoms. The summed E-state index contributed by atoms with van der Waals surface area (Å²) in [5.41, 5.74) is 3.16. The Morgan fingerprint density at radius 2 is 1.97 bits per heavy atom. The number of aromatic nitrogens is 1. The Hall–Kier alpha value is -2.29. The molecule has 172 valence electrons.